The lowest BCUT2D eigenvalue weighted by molar-refractivity contribution is 0.245. The number of para-hydroxylation sites is 1. The van der Waals surface area contributed by atoms with Crippen molar-refractivity contribution in [3.8, 4) is 5.75 Å². The Morgan fingerprint density at radius 3 is 2.62 bits per heavy atom. The first kappa shape index (κ1) is 16.0. The van der Waals surface area contributed by atoms with Gasteiger partial charge in [0.1, 0.15) is 11.3 Å². The molecule has 1 heterocycles. The standard InChI is InChI=1S/C16H25N3OS/c1-5-18(6-2)10-11-19-13-8-7-9-14(20-12(3)4)15(13)17-16(19)21/h7-9,12H,5-6,10-11H2,1-4H3,(H,17,21). The van der Waals surface area contributed by atoms with Crippen molar-refractivity contribution in [3.05, 3.63) is 23.0 Å². The summed E-state index contributed by atoms with van der Waals surface area (Å²) in [6.07, 6.45) is 0.150. The highest BCUT2D eigenvalue weighted by Crippen LogP contribution is 2.25. The Morgan fingerprint density at radius 1 is 1.29 bits per heavy atom. The van der Waals surface area contributed by atoms with E-state index in [1.807, 2.05) is 26.0 Å². The van der Waals surface area contributed by atoms with Crippen molar-refractivity contribution >= 4 is 23.3 Å². The van der Waals surface area contributed by atoms with Crippen LogP contribution in [0, 0.1) is 4.77 Å². The number of fused-ring (bicyclic) bond motifs is 1. The van der Waals surface area contributed by atoms with Crippen LogP contribution < -0.4 is 4.74 Å². The van der Waals surface area contributed by atoms with Crippen molar-refractivity contribution in [2.45, 2.75) is 40.3 Å². The first-order chi connectivity index (χ1) is 10.1. The van der Waals surface area contributed by atoms with Crippen molar-refractivity contribution in [2.75, 3.05) is 19.6 Å². The first-order valence-electron chi connectivity index (χ1n) is 7.67. The van der Waals surface area contributed by atoms with E-state index >= 15 is 0 Å². The molecule has 0 aliphatic carbocycles. The third-order valence-electron chi connectivity index (χ3n) is 3.67. The summed E-state index contributed by atoms with van der Waals surface area (Å²) < 4.78 is 8.79. The summed E-state index contributed by atoms with van der Waals surface area (Å²) >= 11 is 5.48. The molecular formula is C16H25N3OS. The third kappa shape index (κ3) is 3.66. The average molecular weight is 307 g/mol. The van der Waals surface area contributed by atoms with Crippen molar-refractivity contribution in [1.29, 1.82) is 0 Å². The number of aromatic nitrogens is 2. The molecule has 0 spiro atoms. The molecule has 4 nitrogen and oxygen atoms in total. The number of imidazole rings is 1. The van der Waals surface area contributed by atoms with Crippen LogP contribution in [-0.2, 0) is 6.54 Å². The number of ether oxygens (including phenoxy) is 1. The molecule has 5 heteroatoms. The summed E-state index contributed by atoms with van der Waals surface area (Å²) in [5, 5.41) is 0. The normalized spacial score (nSPS) is 11.7. The topological polar surface area (TPSA) is 33.2 Å². The highest BCUT2D eigenvalue weighted by molar-refractivity contribution is 7.71. The fourth-order valence-corrected chi connectivity index (χ4v) is 2.80. The van der Waals surface area contributed by atoms with E-state index in [-0.39, 0.29) is 6.10 Å². The average Bonchev–Trinajstić information content (AvgIpc) is 2.77. The highest BCUT2D eigenvalue weighted by Gasteiger charge is 2.11. The molecular weight excluding hydrogens is 282 g/mol. The quantitative estimate of drug-likeness (QED) is 0.789. The first-order valence-corrected chi connectivity index (χ1v) is 8.08. The molecule has 0 fully saturated rings. The number of hydrogen-bond donors (Lipinski definition) is 1. The Morgan fingerprint density at radius 2 is 2.00 bits per heavy atom. The predicted molar refractivity (Wildman–Crippen MR) is 90.7 cm³/mol. The molecule has 0 amide bonds. The molecule has 2 rings (SSSR count). The number of nitrogens with one attached hydrogen (secondary N) is 1. The van der Waals surface area contributed by atoms with Gasteiger partial charge in [0.15, 0.2) is 4.77 Å². The summed E-state index contributed by atoms with van der Waals surface area (Å²) in [6, 6.07) is 6.11. The van der Waals surface area contributed by atoms with E-state index in [9.17, 15) is 0 Å². The van der Waals surface area contributed by atoms with Gasteiger partial charge in [-0.1, -0.05) is 19.9 Å². The van der Waals surface area contributed by atoms with Crippen LogP contribution in [0.4, 0.5) is 0 Å². The monoisotopic (exact) mass is 307 g/mol. The van der Waals surface area contributed by atoms with Crippen LogP contribution in [0.25, 0.3) is 11.0 Å². The Bertz CT molecular complexity index is 640. The number of nitrogens with zero attached hydrogens (tertiary/aromatic N) is 2. The van der Waals surface area contributed by atoms with Crippen LogP contribution in [0.5, 0.6) is 5.75 Å². The molecule has 0 radical (unpaired) electrons. The van der Waals surface area contributed by atoms with Gasteiger partial charge in [-0.3, -0.25) is 0 Å². The van der Waals surface area contributed by atoms with E-state index in [2.05, 4.69) is 34.4 Å². The Hall–Kier alpha value is -1.33. The second kappa shape index (κ2) is 7.09. The molecule has 1 aromatic heterocycles. The van der Waals surface area contributed by atoms with Crippen LogP contribution in [0.3, 0.4) is 0 Å². The summed E-state index contributed by atoms with van der Waals surface area (Å²) in [5.74, 6) is 0.871. The van der Waals surface area contributed by atoms with Gasteiger partial charge in [0.05, 0.1) is 11.6 Å². The molecule has 0 saturated carbocycles. The second-order valence-electron chi connectivity index (χ2n) is 5.43. The minimum atomic E-state index is 0.150. The van der Waals surface area contributed by atoms with E-state index in [0.29, 0.717) is 0 Å². The molecule has 0 aliphatic heterocycles. The minimum absolute atomic E-state index is 0.150. The summed E-state index contributed by atoms with van der Waals surface area (Å²) in [5.41, 5.74) is 2.11. The van der Waals surface area contributed by atoms with Crippen molar-refractivity contribution in [2.24, 2.45) is 0 Å². The molecule has 0 bridgehead atoms. The van der Waals surface area contributed by atoms with Gasteiger partial charge < -0.3 is 19.2 Å². The van der Waals surface area contributed by atoms with E-state index in [4.69, 9.17) is 17.0 Å². The number of hydrogen-bond acceptors (Lipinski definition) is 3. The second-order valence-corrected chi connectivity index (χ2v) is 5.81. The van der Waals surface area contributed by atoms with Gasteiger partial charge in [-0.15, -0.1) is 0 Å². The summed E-state index contributed by atoms with van der Waals surface area (Å²) in [4.78, 5) is 5.69. The summed E-state index contributed by atoms with van der Waals surface area (Å²) in [7, 11) is 0. The molecule has 2 aromatic rings. The van der Waals surface area contributed by atoms with Gasteiger partial charge in [-0.05, 0) is 51.3 Å². The third-order valence-corrected chi connectivity index (χ3v) is 3.99. The van der Waals surface area contributed by atoms with Crippen molar-refractivity contribution in [3.63, 3.8) is 0 Å². The zero-order chi connectivity index (χ0) is 15.4. The Labute approximate surface area is 131 Å². The molecule has 1 N–H and O–H groups in total. The molecule has 0 atom stereocenters. The largest absolute Gasteiger partial charge is 0.489 e. The summed E-state index contributed by atoms with van der Waals surface area (Å²) in [6.45, 7) is 12.5. The molecule has 0 saturated heterocycles. The van der Waals surface area contributed by atoms with Gasteiger partial charge in [-0.25, -0.2) is 0 Å². The zero-order valence-corrected chi connectivity index (χ0v) is 14.2. The van der Waals surface area contributed by atoms with Crippen LogP contribution in [0.2, 0.25) is 0 Å². The Balaban J connectivity index is 2.32. The van der Waals surface area contributed by atoms with Crippen molar-refractivity contribution in [1.82, 2.24) is 14.5 Å². The maximum absolute atomic E-state index is 5.86. The molecule has 1 aromatic carbocycles. The fraction of sp³-hybridized carbons (Fsp3) is 0.562. The van der Waals surface area contributed by atoms with E-state index in [0.717, 1.165) is 47.7 Å². The van der Waals surface area contributed by atoms with E-state index in [1.54, 1.807) is 0 Å². The van der Waals surface area contributed by atoms with E-state index < -0.39 is 0 Å². The Kier molecular flexibility index (Phi) is 5.42. The van der Waals surface area contributed by atoms with Crippen LogP contribution >= 0.6 is 12.2 Å². The molecule has 0 unspecified atom stereocenters. The smallest absolute Gasteiger partial charge is 0.178 e. The number of rotatable bonds is 7. The van der Waals surface area contributed by atoms with Crippen LogP contribution in [0.1, 0.15) is 27.7 Å². The van der Waals surface area contributed by atoms with Gasteiger partial charge in [0.25, 0.3) is 0 Å². The molecule has 21 heavy (non-hydrogen) atoms. The lowest BCUT2D eigenvalue weighted by Gasteiger charge is -2.18. The number of likely N-dealkylation sites (N-methyl/N-ethyl adjacent to an activating group) is 1. The minimum Gasteiger partial charge on any atom is -0.489 e. The van der Waals surface area contributed by atoms with Crippen LogP contribution in [-0.4, -0.2) is 40.2 Å². The maximum atomic E-state index is 5.86. The molecule has 116 valence electrons. The van der Waals surface area contributed by atoms with Gasteiger partial charge in [-0.2, -0.15) is 0 Å². The fourth-order valence-electron chi connectivity index (χ4n) is 2.51. The zero-order valence-electron chi connectivity index (χ0n) is 13.3. The van der Waals surface area contributed by atoms with Crippen LogP contribution in [0.15, 0.2) is 18.2 Å². The predicted octanol–water partition coefficient (Wildman–Crippen LogP) is 3.83. The van der Waals surface area contributed by atoms with Crippen molar-refractivity contribution < 1.29 is 4.74 Å². The number of H-pyrrole nitrogens is 1. The van der Waals surface area contributed by atoms with Gasteiger partial charge in [0.2, 0.25) is 0 Å². The number of aromatic amines is 1. The molecule has 0 aliphatic rings. The lowest BCUT2D eigenvalue weighted by Crippen LogP contribution is -2.27. The van der Waals surface area contributed by atoms with E-state index in [1.165, 1.54) is 0 Å². The highest BCUT2D eigenvalue weighted by atomic mass is 32.1. The van der Waals surface area contributed by atoms with Gasteiger partial charge >= 0.3 is 0 Å². The van der Waals surface area contributed by atoms with Gasteiger partial charge in [0, 0.05) is 13.1 Å². The SMILES string of the molecule is CCN(CC)CCn1c(=S)[nH]c2c(OC(C)C)cccc21. The maximum Gasteiger partial charge on any atom is 0.178 e. The lowest BCUT2D eigenvalue weighted by atomic mass is 10.3. The number of benzene rings is 1.